The zero-order chi connectivity index (χ0) is 38.4. The number of carbonyl (C=O) groups is 2. The number of ether oxygens (including phenoxy) is 2. The van der Waals surface area contributed by atoms with Crippen LogP contribution in [0.2, 0.25) is 0 Å². The van der Waals surface area contributed by atoms with E-state index in [0.717, 1.165) is 40.2 Å². The van der Waals surface area contributed by atoms with Crippen LogP contribution in [0.1, 0.15) is 104 Å². The molecular weight excluding hydrogens is 636 g/mol. The number of imidazole rings is 1. The normalized spacial score (nSPS) is 13.8. The van der Waals surface area contributed by atoms with Crippen LogP contribution in [-0.2, 0) is 23.1 Å². The smallest absolute Gasteiger partial charge is 0.337 e. The van der Waals surface area contributed by atoms with E-state index >= 15 is 0 Å². The molecule has 1 unspecified atom stereocenters. The maximum atomic E-state index is 12.8. The van der Waals surface area contributed by atoms with E-state index in [1.54, 1.807) is 32.4 Å². The topological polar surface area (TPSA) is 143 Å². The Bertz CT molecular complexity index is 1590. The van der Waals surface area contributed by atoms with Crippen molar-refractivity contribution in [3.8, 4) is 0 Å². The molecule has 0 saturated carbocycles. The molecule has 1 aliphatic rings. The summed E-state index contributed by atoms with van der Waals surface area (Å²) < 4.78 is 18.2. The van der Waals surface area contributed by atoms with Gasteiger partial charge in [-0.15, -0.1) is 0 Å². The minimum atomic E-state index is -0.634. The third-order valence-electron chi connectivity index (χ3n) is 7.36. The Labute approximate surface area is 299 Å². The van der Waals surface area contributed by atoms with Crippen molar-refractivity contribution in [3.05, 3.63) is 81.4 Å². The first-order valence-corrected chi connectivity index (χ1v) is 17.7. The monoisotopic (exact) mass is 698 g/mol. The summed E-state index contributed by atoms with van der Waals surface area (Å²) >= 11 is 0. The van der Waals surface area contributed by atoms with Gasteiger partial charge in [0.15, 0.2) is 5.82 Å². The lowest BCUT2D eigenvalue weighted by atomic mass is 9.93. The quantitative estimate of drug-likeness (QED) is 0.207. The van der Waals surface area contributed by atoms with Crippen LogP contribution in [-0.4, -0.2) is 64.2 Å². The van der Waals surface area contributed by atoms with Gasteiger partial charge in [0.25, 0.3) is 0 Å². The van der Waals surface area contributed by atoms with E-state index in [-0.39, 0.29) is 30.9 Å². The lowest BCUT2D eigenvalue weighted by molar-refractivity contribution is 0.0624. The van der Waals surface area contributed by atoms with Gasteiger partial charge >= 0.3 is 23.5 Å². The van der Waals surface area contributed by atoms with Crippen LogP contribution < -0.4 is 16.3 Å². The molecule has 2 N–H and O–H groups in total. The van der Waals surface area contributed by atoms with E-state index in [1.165, 1.54) is 16.6 Å². The Hall–Kier alpha value is -4.29. The first-order chi connectivity index (χ1) is 24.0. The number of carbonyl (C=O) groups excluding carboxylic acids is 2. The Kier molecular flexibility index (Phi) is 22.7. The molecule has 0 spiro atoms. The van der Waals surface area contributed by atoms with Crippen molar-refractivity contribution in [2.24, 2.45) is 13.0 Å². The second-order valence-electron chi connectivity index (χ2n) is 11.0. The van der Waals surface area contributed by atoms with Crippen LogP contribution in [0.25, 0.3) is 11.0 Å². The second kappa shape index (κ2) is 24.8. The molecule has 50 heavy (non-hydrogen) atoms. The van der Waals surface area contributed by atoms with Crippen molar-refractivity contribution in [2.45, 2.75) is 102 Å². The lowest BCUT2D eigenvalue weighted by Crippen LogP contribution is -2.37. The van der Waals surface area contributed by atoms with Crippen LogP contribution in [0.15, 0.2) is 63.0 Å². The molecule has 0 bridgehead atoms. The van der Waals surface area contributed by atoms with Gasteiger partial charge in [0, 0.05) is 27.3 Å². The number of methoxy groups -OCH3 is 1. The van der Waals surface area contributed by atoms with E-state index in [0.29, 0.717) is 17.6 Å². The maximum Gasteiger partial charge on any atom is 0.337 e. The number of para-hydroxylation sites is 1. The zero-order valence-corrected chi connectivity index (χ0v) is 32.7. The van der Waals surface area contributed by atoms with Gasteiger partial charge < -0.3 is 24.6 Å². The minimum Gasteiger partial charge on any atom is -0.385 e. The summed E-state index contributed by atoms with van der Waals surface area (Å²) in [5.41, 5.74) is 4.94. The third kappa shape index (κ3) is 13.2. The molecule has 2 aromatic heterocycles. The predicted molar refractivity (Wildman–Crippen MR) is 203 cm³/mol. The van der Waals surface area contributed by atoms with Gasteiger partial charge in [-0.1, -0.05) is 91.4 Å². The van der Waals surface area contributed by atoms with Gasteiger partial charge in [-0.25, -0.2) is 14.2 Å². The van der Waals surface area contributed by atoms with Gasteiger partial charge in [0.05, 0.1) is 30.3 Å². The molecular formula is C38H62N6O6. The molecule has 3 aromatic rings. The van der Waals surface area contributed by atoms with Crippen LogP contribution in [0.5, 0.6) is 0 Å². The van der Waals surface area contributed by atoms with Gasteiger partial charge in [0.1, 0.15) is 0 Å². The van der Waals surface area contributed by atoms with Crippen molar-refractivity contribution in [3.63, 3.8) is 0 Å². The highest BCUT2D eigenvalue weighted by Gasteiger charge is 2.24. The fourth-order valence-electron chi connectivity index (χ4n) is 4.89. The highest BCUT2D eigenvalue weighted by molar-refractivity contribution is 5.91. The van der Waals surface area contributed by atoms with Gasteiger partial charge in [-0.05, 0) is 67.9 Å². The first kappa shape index (κ1) is 45.7. The number of aryl methyl sites for hydroxylation is 2. The summed E-state index contributed by atoms with van der Waals surface area (Å²) in [5, 5.41) is 9.13. The highest BCUT2D eigenvalue weighted by atomic mass is 16.5. The van der Waals surface area contributed by atoms with Crippen LogP contribution in [0.3, 0.4) is 0 Å². The molecule has 0 radical (unpaired) electrons. The Morgan fingerprint density at radius 1 is 1.12 bits per heavy atom. The number of benzene rings is 1. The summed E-state index contributed by atoms with van der Waals surface area (Å²) in [4.78, 5) is 42.1. The Morgan fingerprint density at radius 3 is 2.36 bits per heavy atom. The summed E-state index contributed by atoms with van der Waals surface area (Å²) in [5.74, 6) is 0.0932. The molecule has 12 heteroatoms. The number of fused-ring (bicyclic) bond motifs is 1. The Morgan fingerprint density at radius 2 is 1.78 bits per heavy atom. The molecule has 1 aromatic carbocycles. The van der Waals surface area contributed by atoms with E-state index in [9.17, 15) is 14.4 Å². The molecule has 0 aliphatic carbocycles. The predicted octanol–water partition coefficient (Wildman–Crippen LogP) is 7.51. The SMILES string of the molecule is C=C/C=C(/C)C1=C(C)C(CNC(=O)c2nc(CNC(=O)n3c(=O)n(C)c4c(C)cccc43)no2)OCC1.CC.CC.CC.COCCC(C)C. The summed E-state index contributed by atoms with van der Waals surface area (Å²) in [6.07, 6.45) is 5.41. The van der Waals surface area contributed by atoms with E-state index in [4.69, 9.17) is 14.0 Å². The molecule has 1 atom stereocenters. The van der Waals surface area contributed by atoms with Crippen molar-refractivity contribution < 1.29 is 23.6 Å². The van der Waals surface area contributed by atoms with Crippen LogP contribution >= 0.6 is 0 Å². The molecule has 4 rings (SSSR count). The van der Waals surface area contributed by atoms with Crippen molar-refractivity contribution in [1.29, 1.82) is 0 Å². The lowest BCUT2D eigenvalue weighted by Gasteiger charge is -2.27. The maximum absolute atomic E-state index is 12.8. The number of nitrogens with zero attached hydrogens (tertiary/aromatic N) is 4. The van der Waals surface area contributed by atoms with Gasteiger partial charge in [0.2, 0.25) is 0 Å². The highest BCUT2D eigenvalue weighted by Crippen LogP contribution is 2.26. The molecule has 0 saturated heterocycles. The van der Waals surface area contributed by atoms with Crippen LogP contribution in [0, 0.1) is 12.8 Å². The van der Waals surface area contributed by atoms with Gasteiger partial charge in [-0.2, -0.15) is 4.98 Å². The largest absolute Gasteiger partial charge is 0.385 e. The van der Waals surface area contributed by atoms with Crippen LogP contribution in [0.4, 0.5) is 4.79 Å². The molecule has 280 valence electrons. The summed E-state index contributed by atoms with van der Waals surface area (Å²) in [6, 6.07) is 4.71. The fourth-order valence-corrected chi connectivity index (χ4v) is 4.89. The summed E-state index contributed by atoms with van der Waals surface area (Å²) in [6.45, 7) is 27.6. The molecule has 12 nitrogen and oxygen atoms in total. The molecule has 3 heterocycles. The van der Waals surface area contributed by atoms with Crippen molar-refractivity contribution in [1.82, 2.24) is 29.9 Å². The zero-order valence-electron chi connectivity index (χ0n) is 32.7. The van der Waals surface area contributed by atoms with E-state index < -0.39 is 17.6 Å². The number of rotatable bonds is 10. The standard InChI is InChI=1S/C26H30N6O5.C6H14O.3C2H6/c1-6-8-15(2)18-11-12-36-20(17(18)4)13-27-23(33)24-29-21(30-37-24)14-28-25(34)32-19-10-7-9-16(3)22(19)31(5)26(32)35;1-6(2)4-5-7-3;3*1-2/h6-10,20H,1,11-14H2,2-5H3,(H,27,33)(H,28,34);6H,4-5H2,1-3H3;3*1-2H3/b15-8-;;;;. The number of allylic oxidation sites excluding steroid dienone is 3. The van der Waals surface area contributed by atoms with Crippen molar-refractivity contribution in [2.75, 3.05) is 26.9 Å². The summed E-state index contributed by atoms with van der Waals surface area (Å²) in [7, 11) is 3.35. The Balaban J connectivity index is 0.00000161. The van der Waals surface area contributed by atoms with Gasteiger partial charge in [-0.3, -0.25) is 9.36 Å². The minimum absolute atomic E-state index is 0.0976. The molecule has 1 aliphatic heterocycles. The molecule has 0 fully saturated rings. The first-order valence-electron chi connectivity index (χ1n) is 17.7. The second-order valence-corrected chi connectivity index (χ2v) is 11.0. The third-order valence-corrected chi connectivity index (χ3v) is 7.36. The average molecular weight is 699 g/mol. The number of hydrogen-bond donors (Lipinski definition) is 2. The average Bonchev–Trinajstić information content (AvgIpc) is 3.71. The van der Waals surface area contributed by atoms with Crippen molar-refractivity contribution >= 4 is 23.0 Å². The molecule has 2 amide bonds. The fraction of sp³-hybridized carbons (Fsp3) is 0.553. The number of aromatic nitrogens is 4. The van der Waals surface area contributed by atoms with E-state index in [2.05, 4.69) is 41.2 Å². The number of amides is 2. The number of hydrogen-bond acceptors (Lipinski definition) is 8. The number of nitrogens with one attached hydrogen (secondary N) is 2. The van der Waals surface area contributed by atoms with E-state index in [1.807, 2.05) is 74.5 Å².